The highest BCUT2D eigenvalue weighted by Crippen LogP contribution is 2.31. The second-order valence-electron chi connectivity index (χ2n) is 5.48. The number of aromatic nitrogens is 2. The van der Waals surface area contributed by atoms with E-state index in [9.17, 15) is 0 Å². The molecule has 130 valence electrons. The van der Waals surface area contributed by atoms with E-state index in [-0.39, 0.29) is 6.61 Å². The largest absolute Gasteiger partial charge is 0.497 e. The Morgan fingerprint density at radius 2 is 1.92 bits per heavy atom. The SMILES string of the molecule is COc1ccc(Nc2cc(NC[C@@H](C)CCO)ncn2)c(OC)c1. The van der Waals surface area contributed by atoms with Crippen LogP contribution in [-0.4, -0.2) is 42.4 Å². The van der Waals surface area contributed by atoms with Gasteiger partial charge < -0.3 is 25.2 Å². The van der Waals surface area contributed by atoms with Crippen LogP contribution in [0.1, 0.15) is 13.3 Å². The third-order valence-corrected chi connectivity index (χ3v) is 3.59. The van der Waals surface area contributed by atoms with Gasteiger partial charge in [-0.3, -0.25) is 0 Å². The number of nitrogens with one attached hydrogen (secondary N) is 2. The number of nitrogens with zero attached hydrogens (tertiary/aromatic N) is 2. The van der Waals surface area contributed by atoms with Crippen molar-refractivity contribution in [3.8, 4) is 11.5 Å². The third-order valence-electron chi connectivity index (χ3n) is 3.59. The van der Waals surface area contributed by atoms with Crippen LogP contribution in [0.4, 0.5) is 17.3 Å². The summed E-state index contributed by atoms with van der Waals surface area (Å²) in [6.07, 6.45) is 2.25. The number of anilines is 3. The summed E-state index contributed by atoms with van der Waals surface area (Å²) in [6.45, 7) is 3.01. The van der Waals surface area contributed by atoms with Crippen molar-refractivity contribution in [3.05, 3.63) is 30.6 Å². The summed E-state index contributed by atoms with van der Waals surface area (Å²) in [7, 11) is 3.22. The summed E-state index contributed by atoms with van der Waals surface area (Å²) in [6, 6.07) is 7.35. The molecular weight excluding hydrogens is 308 g/mol. The van der Waals surface area contributed by atoms with E-state index in [1.807, 2.05) is 18.2 Å². The lowest BCUT2D eigenvalue weighted by Gasteiger charge is -2.14. The first-order valence-electron chi connectivity index (χ1n) is 7.82. The number of hydrogen-bond donors (Lipinski definition) is 3. The van der Waals surface area contributed by atoms with Gasteiger partial charge in [0.1, 0.15) is 29.5 Å². The van der Waals surface area contributed by atoms with Crippen molar-refractivity contribution in [2.75, 3.05) is 38.0 Å². The molecule has 0 unspecified atom stereocenters. The minimum Gasteiger partial charge on any atom is -0.497 e. The van der Waals surface area contributed by atoms with Gasteiger partial charge in [-0.25, -0.2) is 9.97 Å². The Morgan fingerprint density at radius 1 is 1.12 bits per heavy atom. The molecule has 1 aromatic carbocycles. The minimum absolute atomic E-state index is 0.191. The fraction of sp³-hybridized carbons (Fsp3) is 0.412. The molecule has 0 saturated carbocycles. The van der Waals surface area contributed by atoms with E-state index >= 15 is 0 Å². The zero-order chi connectivity index (χ0) is 17.4. The molecule has 0 spiro atoms. The molecule has 1 heterocycles. The molecular formula is C17H24N4O3. The van der Waals surface area contributed by atoms with Crippen LogP contribution >= 0.6 is 0 Å². The summed E-state index contributed by atoms with van der Waals surface area (Å²) in [5, 5.41) is 15.4. The molecule has 7 heteroatoms. The third kappa shape index (κ3) is 4.99. The standard InChI is InChI=1S/C17H24N4O3/c1-12(6-7-22)10-18-16-9-17(20-11-19-16)21-14-5-4-13(23-2)8-15(14)24-3/h4-5,8-9,11-12,22H,6-7,10H2,1-3H3,(H2,18,19,20,21)/t12-/m0/s1. The van der Waals surface area contributed by atoms with Crippen LogP contribution in [0.2, 0.25) is 0 Å². The summed E-state index contributed by atoms with van der Waals surface area (Å²) >= 11 is 0. The van der Waals surface area contributed by atoms with E-state index in [0.717, 1.165) is 30.2 Å². The smallest absolute Gasteiger partial charge is 0.146 e. The number of methoxy groups -OCH3 is 2. The van der Waals surface area contributed by atoms with E-state index in [1.165, 1.54) is 6.33 Å². The fourth-order valence-electron chi connectivity index (χ4n) is 2.16. The lowest BCUT2D eigenvalue weighted by molar-refractivity contribution is 0.266. The second-order valence-corrected chi connectivity index (χ2v) is 5.48. The molecule has 0 aliphatic carbocycles. The molecule has 1 aromatic heterocycles. The molecule has 0 amide bonds. The Balaban J connectivity index is 2.06. The first kappa shape index (κ1) is 17.8. The number of benzene rings is 1. The van der Waals surface area contributed by atoms with Gasteiger partial charge in [0.05, 0.1) is 19.9 Å². The molecule has 0 aliphatic heterocycles. The fourth-order valence-corrected chi connectivity index (χ4v) is 2.16. The van der Waals surface area contributed by atoms with E-state index in [1.54, 1.807) is 20.3 Å². The number of aliphatic hydroxyl groups excluding tert-OH is 1. The molecule has 1 atom stereocenters. The quantitative estimate of drug-likeness (QED) is 0.650. The highest BCUT2D eigenvalue weighted by atomic mass is 16.5. The van der Waals surface area contributed by atoms with Gasteiger partial charge in [0.25, 0.3) is 0 Å². The van der Waals surface area contributed by atoms with Crippen LogP contribution in [-0.2, 0) is 0 Å². The van der Waals surface area contributed by atoms with Gasteiger partial charge in [-0.05, 0) is 24.5 Å². The Bertz CT molecular complexity index is 651. The maximum absolute atomic E-state index is 8.94. The molecule has 2 aromatic rings. The van der Waals surface area contributed by atoms with Crippen LogP contribution in [0.5, 0.6) is 11.5 Å². The van der Waals surface area contributed by atoms with Crippen LogP contribution < -0.4 is 20.1 Å². The molecule has 0 aliphatic rings. The Kier molecular flexibility index (Phi) is 6.62. The summed E-state index contributed by atoms with van der Waals surface area (Å²) < 4.78 is 10.6. The van der Waals surface area contributed by atoms with Crippen molar-refractivity contribution in [3.63, 3.8) is 0 Å². The van der Waals surface area contributed by atoms with E-state index in [4.69, 9.17) is 14.6 Å². The number of ether oxygens (including phenoxy) is 2. The van der Waals surface area contributed by atoms with Gasteiger partial charge in [0.2, 0.25) is 0 Å². The molecule has 0 saturated heterocycles. The van der Waals surface area contributed by atoms with Gasteiger partial charge in [-0.15, -0.1) is 0 Å². The van der Waals surface area contributed by atoms with Gasteiger partial charge >= 0.3 is 0 Å². The van der Waals surface area contributed by atoms with Crippen molar-refractivity contribution in [1.29, 1.82) is 0 Å². The van der Waals surface area contributed by atoms with Crippen LogP contribution in [0.25, 0.3) is 0 Å². The molecule has 0 bridgehead atoms. The van der Waals surface area contributed by atoms with Crippen LogP contribution in [0, 0.1) is 5.92 Å². The van der Waals surface area contributed by atoms with Crippen LogP contribution in [0.3, 0.4) is 0 Å². The number of hydrogen-bond acceptors (Lipinski definition) is 7. The topological polar surface area (TPSA) is 88.5 Å². The highest BCUT2D eigenvalue weighted by Gasteiger charge is 2.07. The van der Waals surface area contributed by atoms with E-state index in [2.05, 4.69) is 27.5 Å². The zero-order valence-corrected chi connectivity index (χ0v) is 14.2. The first-order valence-corrected chi connectivity index (χ1v) is 7.82. The summed E-state index contributed by atoms with van der Waals surface area (Å²) in [4.78, 5) is 8.43. The normalized spacial score (nSPS) is 11.7. The maximum atomic E-state index is 8.94. The van der Waals surface area contributed by atoms with Gasteiger partial charge in [0.15, 0.2) is 0 Å². The Morgan fingerprint density at radius 3 is 2.62 bits per heavy atom. The highest BCUT2D eigenvalue weighted by molar-refractivity contribution is 5.66. The van der Waals surface area contributed by atoms with Gasteiger partial charge in [-0.2, -0.15) is 0 Å². The Labute approximate surface area is 142 Å². The molecule has 24 heavy (non-hydrogen) atoms. The lowest BCUT2D eigenvalue weighted by atomic mass is 10.1. The van der Waals surface area contributed by atoms with Crippen LogP contribution in [0.15, 0.2) is 30.6 Å². The predicted molar refractivity (Wildman–Crippen MR) is 94.2 cm³/mol. The van der Waals surface area contributed by atoms with E-state index in [0.29, 0.717) is 17.5 Å². The van der Waals surface area contributed by atoms with Gasteiger partial charge in [-0.1, -0.05) is 6.92 Å². The molecule has 0 radical (unpaired) electrons. The molecule has 0 fully saturated rings. The maximum Gasteiger partial charge on any atom is 0.146 e. The monoisotopic (exact) mass is 332 g/mol. The molecule has 7 nitrogen and oxygen atoms in total. The minimum atomic E-state index is 0.191. The first-order chi connectivity index (χ1) is 11.7. The van der Waals surface area contributed by atoms with Gasteiger partial charge in [0, 0.05) is 25.3 Å². The van der Waals surface area contributed by atoms with Crippen molar-refractivity contribution >= 4 is 17.3 Å². The lowest BCUT2D eigenvalue weighted by Crippen LogP contribution is -2.13. The Hall–Kier alpha value is -2.54. The predicted octanol–water partition coefficient (Wildman–Crippen LogP) is 2.67. The molecule has 2 rings (SSSR count). The summed E-state index contributed by atoms with van der Waals surface area (Å²) in [5.41, 5.74) is 0.789. The van der Waals surface area contributed by atoms with Crippen molar-refractivity contribution in [1.82, 2.24) is 9.97 Å². The van der Waals surface area contributed by atoms with Crippen molar-refractivity contribution < 1.29 is 14.6 Å². The summed E-state index contributed by atoms with van der Waals surface area (Å²) in [5.74, 6) is 3.14. The van der Waals surface area contributed by atoms with Crippen molar-refractivity contribution in [2.45, 2.75) is 13.3 Å². The molecule has 3 N–H and O–H groups in total. The second kappa shape index (κ2) is 8.93. The number of rotatable bonds is 9. The average Bonchev–Trinajstić information content (AvgIpc) is 2.61. The average molecular weight is 332 g/mol. The van der Waals surface area contributed by atoms with E-state index < -0.39 is 0 Å². The number of aliphatic hydroxyl groups is 1. The zero-order valence-electron chi connectivity index (χ0n) is 14.2. The van der Waals surface area contributed by atoms with Crippen molar-refractivity contribution in [2.24, 2.45) is 5.92 Å².